The van der Waals surface area contributed by atoms with Crippen molar-refractivity contribution in [2.75, 3.05) is 32.8 Å². The number of nitrogens with zero attached hydrogens (tertiary/aromatic N) is 3. The molecule has 3 rings (SSSR count). The first-order chi connectivity index (χ1) is 15.1. The number of nitriles is 1. The van der Waals surface area contributed by atoms with Gasteiger partial charge in [-0.15, -0.1) is 0 Å². The maximum absolute atomic E-state index is 12.6. The van der Waals surface area contributed by atoms with Gasteiger partial charge in [0.2, 0.25) is 0 Å². The standard InChI is InChI=1S/C21H24F3N3O5/c1-14(21(22,23)24)32-19(30)27-9-7-26(8-10-27)12-16-4-2-3-15(11-25)17(16)31-13-20(5-6-20)18(28)29/h2-4,14H,5-10,12-13H2,1H3,(H,28,29). The number of carboxylic acid groups (broad SMARTS) is 1. The summed E-state index contributed by atoms with van der Waals surface area (Å²) in [6.07, 6.45) is -6.75. The fourth-order valence-corrected chi connectivity index (χ4v) is 3.37. The van der Waals surface area contributed by atoms with E-state index in [-0.39, 0.29) is 19.7 Å². The molecule has 1 saturated heterocycles. The van der Waals surface area contributed by atoms with Crippen LogP contribution in [0, 0.1) is 16.7 Å². The molecule has 0 radical (unpaired) electrons. The summed E-state index contributed by atoms with van der Waals surface area (Å²) < 4.78 is 48.1. The van der Waals surface area contributed by atoms with E-state index < -0.39 is 29.8 Å². The van der Waals surface area contributed by atoms with Crippen molar-refractivity contribution in [2.45, 2.75) is 38.6 Å². The largest absolute Gasteiger partial charge is 0.491 e. The normalized spacial score (nSPS) is 19.0. The second-order valence-electron chi connectivity index (χ2n) is 8.11. The number of carboxylic acids is 1. The molecular formula is C21H24F3N3O5. The summed E-state index contributed by atoms with van der Waals surface area (Å²) in [7, 11) is 0. The third-order valence-electron chi connectivity index (χ3n) is 5.78. The van der Waals surface area contributed by atoms with Crippen molar-refractivity contribution < 1.29 is 37.3 Å². The van der Waals surface area contributed by atoms with E-state index in [0.29, 0.717) is 49.4 Å². The predicted molar refractivity (Wildman–Crippen MR) is 105 cm³/mol. The molecule has 1 aliphatic heterocycles. The Labute approximate surface area is 183 Å². The molecule has 0 bridgehead atoms. The topological polar surface area (TPSA) is 103 Å². The van der Waals surface area contributed by atoms with Crippen molar-refractivity contribution in [3.05, 3.63) is 29.3 Å². The highest BCUT2D eigenvalue weighted by Crippen LogP contribution is 2.46. The van der Waals surface area contributed by atoms with E-state index in [1.807, 2.05) is 4.90 Å². The molecule has 1 unspecified atom stereocenters. The lowest BCUT2D eigenvalue weighted by Crippen LogP contribution is -2.49. The van der Waals surface area contributed by atoms with Gasteiger partial charge in [0.15, 0.2) is 6.10 Å². The minimum atomic E-state index is -4.61. The number of piperazine rings is 1. The Hall–Kier alpha value is -3.00. The third kappa shape index (κ3) is 5.43. The zero-order valence-corrected chi connectivity index (χ0v) is 17.5. The van der Waals surface area contributed by atoms with E-state index in [4.69, 9.17) is 4.74 Å². The van der Waals surface area contributed by atoms with Gasteiger partial charge in [-0.3, -0.25) is 9.69 Å². The fourth-order valence-electron chi connectivity index (χ4n) is 3.37. The lowest BCUT2D eigenvalue weighted by molar-refractivity contribution is -0.200. The number of alkyl halides is 3. The van der Waals surface area contributed by atoms with Gasteiger partial charge in [0.25, 0.3) is 0 Å². The number of benzene rings is 1. The van der Waals surface area contributed by atoms with E-state index in [1.165, 1.54) is 4.90 Å². The Kier molecular flexibility index (Phi) is 6.83. The summed E-state index contributed by atoms with van der Waals surface area (Å²) in [5.74, 6) is -0.584. The highest BCUT2D eigenvalue weighted by Gasteiger charge is 2.51. The second-order valence-corrected chi connectivity index (χ2v) is 8.11. The molecule has 0 aromatic heterocycles. The Balaban J connectivity index is 1.59. The molecule has 11 heteroatoms. The van der Waals surface area contributed by atoms with Crippen LogP contribution in [0.25, 0.3) is 0 Å². The molecule has 1 N–H and O–H groups in total. The molecule has 1 aromatic carbocycles. The summed E-state index contributed by atoms with van der Waals surface area (Å²) >= 11 is 0. The number of ether oxygens (including phenoxy) is 2. The van der Waals surface area contributed by atoms with Crippen LogP contribution in [0.15, 0.2) is 18.2 Å². The average molecular weight is 455 g/mol. The molecule has 1 aromatic rings. The molecule has 1 saturated carbocycles. The van der Waals surface area contributed by atoms with Gasteiger partial charge in [-0.25, -0.2) is 4.79 Å². The van der Waals surface area contributed by atoms with Gasteiger partial charge in [-0.05, 0) is 25.8 Å². The van der Waals surface area contributed by atoms with E-state index in [0.717, 1.165) is 6.92 Å². The van der Waals surface area contributed by atoms with Crippen molar-refractivity contribution >= 4 is 12.1 Å². The third-order valence-corrected chi connectivity index (χ3v) is 5.78. The number of carbonyl (C=O) groups excluding carboxylic acids is 1. The van der Waals surface area contributed by atoms with Crippen molar-refractivity contribution in [1.29, 1.82) is 5.26 Å². The number of para-hydroxylation sites is 1. The summed E-state index contributed by atoms with van der Waals surface area (Å²) in [6, 6.07) is 7.14. The number of halogens is 3. The number of aliphatic carboxylic acids is 1. The lowest BCUT2D eigenvalue weighted by Gasteiger charge is -2.35. The van der Waals surface area contributed by atoms with Gasteiger partial charge in [0.1, 0.15) is 23.8 Å². The van der Waals surface area contributed by atoms with Crippen molar-refractivity contribution in [3.63, 3.8) is 0 Å². The SMILES string of the molecule is CC(OC(=O)N1CCN(Cc2cccc(C#N)c2OCC2(C(=O)O)CC2)CC1)C(F)(F)F. The fraction of sp³-hybridized carbons (Fsp3) is 0.571. The zero-order valence-electron chi connectivity index (χ0n) is 17.5. The van der Waals surface area contributed by atoms with Crippen molar-refractivity contribution in [1.82, 2.24) is 9.80 Å². The Bertz CT molecular complexity index is 903. The Morgan fingerprint density at radius 2 is 1.91 bits per heavy atom. The first-order valence-electron chi connectivity index (χ1n) is 10.2. The number of amides is 1. The number of hydrogen-bond donors (Lipinski definition) is 1. The van der Waals surface area contributed by atoms with Crippen LogP contribution in [0.4, 0.5) is 18.0 Å². The predicted octanol–water partition coefficient (Wildman–Crippen LogP) is 3.01. The number of carbonyl (C=O) groups is 2. The van der Waals surface area contributed by atoms with E-state index in [1.54, 1.807) is 18.2 Å². The molecule has 174 valence electrons. The van der Waals surface area contributed by atoms with Gasteiger partial charge in [-0.2, -0.15) is 18.4 Å². The maximum atomic E-state index is 12.6. The van der Waals surface area contributed by atoms with Gasteiger partial charge < -0.3 is 19.5 Å². The van der Waals surface area contributed by atoms with Crippen LogP contribution in [0.2, 0.25) is 0 Å². The number of rotatable bonds is 7. The van der Waals surface area contributed by atoms with E-state index in [9.17, 15) is 33.1 Å². The molecule has 1 amide bonds. The van der Waals surface area contributed by atoms with Crippen LogP contribution in [0.3, 0.4) is 0 Å². The zero-order chi connectivity index (χ0) is 23.5. The molecular weight excluding hydrogens is 431 g/mol. The van der Waals surface area contributed by atoms with Crippen LogP contribution in [0.1, 0.15) is 30.9 Å². The van der Waals surface area contributed by atoms with E-state index >= 15 is 0 Å². The van der Waals surface area contributed by atoms with Gasteiger partial charge in [0, 0.05) is 38.3 Å². The summed E-state index contributed by atoms with van der Waals surface area (Å²) in [5.41, 5.74) is 0.0957. The summed E-state index contributed by atoms with van der Waals surface area (Å²) in [5, 5.41) is 18.8. The molecule has 8 nitrogen and oxygen atoms in total. The molecule has 0 spiro atoms. The smallest absolute Gasteiger partial charge is 0.425 e. The van der Waals surface area contributed by atoms with Crippen molar-refractivity contribution in [3.8, 4) is 11.8 Å². The molecule has 2 fully saturated rings. The van der Waals surface area contributed by atoms with Crippen LogP contribution in [-0.2, 0) is 16.1 Å². The Morgan fingerprint density at radius 3 is 2.44 bits per heavy atom. The highest BCUT2D eigenvalue weighted by atomic mass is 19.4. The first kappa shape index (κ1) is 23.7. The Morgan fingerprint density at radius 1 is 1.25 bits per heavy atom. The van der Waals surface area contributed by atoms with Crippen molar-refractivity contribution in [2.24, 2.45) is 5.41 Å². The van der Waals surface area contributed by atoms with Crippen LogP contribution in [0.5, 0.6) is 5.75 Å². The minimum Gasteiger partial charge on any atom is -0.491 e. The number of hydrogen-bond acceptors (Lipinski definition) is 6. The van der Waals surface area contributed by atoms with Crippen LogP contribution in [-0.4, -0.2) is 72.0 Å². The van der Waals surface area contributed by atoms with Gasteiger partial charge >= 0.3 is 18.2 Å². The highest BCUT2D eigenvalue weighted by molar-refractivity contribution is 5.78. The van der Waals surface area contributed by atoms with Gasteiger partial charge in [0.05, 0.1) is 5.56 Å². The average Bonchev–Trinajstić information content (AvgIpc) is 3.53. The van der Waals surface area contributed by atoms with E-state index in [2.05, 4.69) is 10.8 Å². The quantitative estimate of drug-likeness (QED) is 0.674. The van der Waals surface area contributed by atoms with Gasteiger partial charge in [-0.1, -0.05) is 12.1 Å². The summed E-state index contributed by atoms with van der Waals surface area (Å²) in [4.78, 5) is 26.6. The lowest BCUT2D eigenvalue weighted by atomic mass is 10.1. The first-order valence-corrected chi connectivity index (χ1v) is 10.2. The molecule has 1 atom stereocenters. The molecule has 2 aliphatic rings. The summed E-state index contributed by atoms with van der Waals surface area (Å²) in [6.45, 7) is 2.32. The molecule has 1 aliphatic carbocycles. The van der Waals surface area contributed by atoms with Crippen LogP contribution >= 0.6 is 0 Å². The minimum absolute atomic E-state index is 0.0228. The maximum Gasteiger partial charge on any atom is 0.425 e. The molecule has 32 heavy (non-hydrogen) atoms. The van der Waals surface area contributed by atoms with Crippen LogP contribution < -0.4 is 4.74 Å². The molecule has 1 heterocycles. The monoisotopic (exact) mass is 455 g/mol. The second kappa shape index (κ2) is 9.24.